The van der Waals surface area contributed by atoms with Crippen LogP contribution in [0.3, 0.4) is 0 Å². The van der Waals surface area contributed by atoms with Gasteiger partial charge in [0.1, 0.15) is 0 Å². The Bertz CT molecular complexity index is 1540. The van der Waals surface area contributed by atoms with Crippen LogP contribution < -0.4 is 14.9 Å². The summed E-state index contributed by atoms with van der Waals surface area (Å²) in [4.78, 5) is 26.3. The molecular weight excluding hydrogens is 498 g/mol. The van der Waals surface area contributed by atoms with Gasteiger partial charge in [0, 0.05) is 6.54 Å². The van der Waals surface area contributed by atoms with E-state index >= 15 is 0 Å². The van der Waals surface area contributed by atoms with Gasteiger partial charge in [-0.3, -0.25) is 13.9 Å². The van der Waals surface area contributed by atoms with E-state index in [2.05, 4.69) is 17.2 Å². The second kappa shape index (κ2) is 12.0. The van der Waals surface area contributed by atoms with E-state index in [0.717, 1.165) is 5.56 Å². The molecule has 0 aliphatic rings. The molecule has 2 N–H and O–H groups in total. The minimum absolute atomic E-state index is 0.0168. The highest BCUT2D eigenvalue weighted by Gasteiger charge is 2.29. The van der Waals surface area contributed by atoms with Crippen LogP contribution in [0.15, 0.2) is 127 Å². The van der Waals surface area contributed by atoms with E-state index in [1.54, 1.807) is 72.8 Å². The maximum atomic E-state index is 13.8. The van der Waals surface area contributed by atoms with Gasteiger partial charge < -0.3 is 10.6 Å². The summed E-state index contributed by atoms with van der Waals surface area (Å²) >= 11 is 0. The van der Waals surface area contributed by atoms with Crippen LogP contribution in [0.4, 0.5) is 11.4 Å². The van der Waals surface area contributed by atoms with Crippen LogP contribution in [-0.2, 0) is 16.6 Å². The molecule has 0 bridgehead atoms. The predicted molar refractivity (Wildman–Crippen MR) is 150 cm³/mol. The van der Waals surface area contributed by atoms with Crippen molar-refractivity contribution in [3.05, 3.63) is 139 Å². The van der Waals surface area contributed by atoms with Crippen molar-refractivity contribution in [2.75, 3.05) is 16.2 Å². The van der Waals surface area contributed by atoms with E-state index in [1.165, 1.54) is 16.4 Å². The van der Waals surface area contributed by atoms with Gasteiger partial charge in [-0.25, -0.2) is 8.42 Å². The zero-order valence-electron chi connectivity index (χ0n) is 20.6. The Morgan fingerprint density at radius 1 is 0.737 bits per heavy atom. The molecule has 0 saturated heterocycles. The molecule has 0 radical (unpaired) electrons. The summed E-state index contributed by atoms with van der Waals surface area (Å²) in [7, 11) is -4.03. The fraction of sp³-hybridized carbons (Fsp3) is 0.0667. The van der Waals surface area contributed by atoms with E-state index in [1.807, 2.05) is 30.3 Å². The third-order valence-corrected chi connectivity index (χ3v) is 7.52. The highest BCUT2D eigenvalue weighted by atomic mass is 32.2. The average Bonchev–Trinajstić information content (AvgIpc) is 2.96. The highest BCUT2D eigenvalue weighted by molar-refractivity contribution is 7.92. The quantitative estimate of drug-likeness (QED) is 0.277. The number of nitrogens with zero attached hydrogens (tertiary/aromatic N) is 1. The lowest BCUT2D eigenvalue weighted by atomic mass is 10.1. The van der Waals surface area contributed by atoms with Crippen molar-refractivity contribution in [2.45, 2.75) is 11.4 Å². The first-order chi connectivity index (χ1) is 18.4. The average molecular weight is 526 g/mol. The maximum Gasteiger partial charge on any atom is 0.264 e. The molecule has 4 aromatic carbocycles. The number of rotatable bonds is 10. The number of amides is 2. The topological polar surface area (TPSA) is 95.6 Å². The van der Waals surface area contributed by atoms with Gasteiger partial charge in [-0.1, -0.05) is 78.9 Å². The maximum absolute atomic E-state index is 13.8. The van der Waals surface area contributed by atoms with Crippen molar-refractivity contribution in [3.63, 3.8) is 0 Å². The molecule has 0 fully saturated rings. The van der Waals surface area contributed by atoms with Crippen molar-refractivity contribution < 1.29 is 18.0 Å². The van der Waals surface area contributed by atoms with E-state index in [0.29, 0.717) is 5.69 Å². The minimum atomic E-state index is -4.03. The van der Waals surface area contributed by atoms with Crippen LogP contribution in [0, 0.1) is 0 Å². The minimum Gasteiger partial charge on any atom is -0.349 e. The monoisotopic (exact) mass is 525 g/mol. The third-order valence-electron chi connectivity index (χ3n) is 5.74. The van der Waals surface area contributed by atoms with Gasteiger partial charge >= 0.3 is 0 Å². The Kier molecular flexibility index (Phi) is 8.35. The van der Waals surface area contributed by atoms with Crippen molar-refractivity contribution in [1.29, 1.82) is 0 Å². The number of hydrogen-bond donors (Lipinski definition) is 2. The molecule has 0 saturated carbocycles. The van der Waals surface area contributed by atoms with Crippen molar-refractivity contribution in [2.24, 2.45) is 0 Å². The molecule has 0 aromatic heterocycles. The summed E-state index contributed by atoms with van der Waals surface area (Å²) in [5, 5.41) is 5.49. The number of hydrogen-bond acceptors (Lipinski definition) is 4. The Balaban J connectivity index is 1.75. The predicted octanol–water partition coefficient (Wildman–Crippen LogP) is 5.25. The summed E-state index contributed by atoms with van der Waals surface area (Å²) in [5.74, 6) is -0.919. The van der Waals surface area contributed by atoms with Crippen molar-refractivity contribution in [1.82, 2.24) is 5.32 Å². The fourth-order valence-electron chi connectivity index (χ4n) is 3.89. The molecule has 8 heteroatoms. The number of anilines is 2. The summed E-state index contributed by atoms with van der Waals surface area (Å²) in [6.07, 6.45) is 1.56. The molecule has 38 heavy (non-hydrogen) atoms. The van der Waals surface area contributed by atoms with Crippen molar-refractivity contribution >= 4 is 33.2 Å². The number of carbonyl (C=O) groups excluding carboxylic acids is 2. The van der Waals surface area contributed by atoms with Crippen LogP contribution >= 0.6 is 0 Å². The first-order valence-corrected chi connectivity index (χ1v) is 13.4. The molecule has 0 atom stereocenters. The molecule has 4 rings (SSSR count). The smallest absolute Gasteiger partial charge is 0.264 e. The fourth-order valence-corrected chi connectivity index (χ4v) is 5.38. The molecular formula is C30H27N3O4S. The molecule has 0 heterocycles. The van der Waals surface area contributed by atoms with E-state index in [9.17, 15) is 18.0 Å². The molecule has 0 unspecified atom stereocenters. The highest BCUT2D eigenvalue weighted by Crippen LogP contribution is 2.30. The molecule has 0 aliphatic carbocycles. The molecule has 192 valence electrons. The Labute approximate surface area is 222 Å². The summed E-state index contributed by atoms with van der Waals surface area (Å²) in [5.41, 5.74) is 1.69. The van der Waals surface area contributed by atoms with Gasteiger partial charge in [0.15, 0.2) is 0 Å². The number of benzene rings is 4. The van der Waals surface area contributed by atoms with Crippen LogP contribution in [0.25, 0.3) is 0 Å². The number of nitrogens with one attached hydrogen (secondary N) is 2. The van der Waals surface area contributed by atoms with Gasteiger partial charge in [-0.15, -0.1) is 6.58 Å². The van der Waals surface area contributed by atoms with Gasteiger partial charge in [-0.05, 0) is 42.0 Å². The van der Waals surface area contributed by atoms with E-state index < -0.39 is 15.9 Å². The molecule has 7 nitrogen and oxygen atoms in total. The normalized spacial score (nSPS) is 10.8. The largest absolute Gasteiger partial charge is 0.349 e. The molecule has 4 aromatic rings. The zero-order chi connectivity index (χ0) is 27.0. The molecule has 0 spiro atoms. The summed E-state index contributed by atoms with van der Waals surface area (Å²) in [6, 6.07) is 30.4. The van der Waals surface area contributed by atoms with Gasteiger partial charge in [0.05, 0.1) is 33.9 Å². The third kappa shape index (κ3) is 5.99. The zero-order valence-corrected chi connectivity index (χ0v) is 21.4. The second-order valence-electron chi connectivity index (χ2n) is 8.33. The number of sulfonamides is 1. The van der Waals surface area contributed by atoms with Gasteiger partial charge in [-0.2, -0.15) is 0 Å². The van der Waals surface area contributed by atoms with Crippen LogP contribution in [0.2, 0.25) is 0 Å². The SMILES string of the molecule is C=CCNC(=O)c1ccccc1NC(=O)c1ccccc1N(Cc1ccccc1)S(=O)(=O)c1ccccc1. The number of para-hydroxylation sites is 2. The Hall–Kier alpha value is -4.69. The van der Waals surface area contributed by atoms with E-state index in [-0.39, 0.29) is 40.7 Å². The summed E-state index contributed by atoms with van der Waals surface area (Å²) < 4.78 is 28.9. The van der Waals surface area contributed by atoms with Gasteiger partial charge in [0.2, 0.25) is 0 Å². The number of carbonyl (C=O) groups is 2. The Morgan fingerprint density at radius 3 is 2.00 bits per heavy atom. The van der Waals surface area contributed by atoms with Crippen LogP contribution in [-0.4, -0.2) is 26.8 Å². The van der Waals surface area contributed by atoms with Crippen LogP contribution in [0.1, 0.15) is 26.3 Å². The van der Waals surface area contributed by atoms with Crippen LogP contribution in [0.5, 0.6) is 0 Å². The lowest BCUT2D eigenvalue weighted by Gasteiger charge is -2.26. The summed E-state index contributed by atoms with van der Waals surface area (Å²) in [6.45, 7) is 3.89. The van der Waals surface area contributed by atoms with Crippen molar-refractivity contribution in [3.8, 4) is 0 Å². The molecule has 2 amide bonds. The lowest BCUT2D eigenvalue weighted by molar-refractivity contribution is 0.0959. The van der Waals surface area contributed by atoms with Gasteiger partial charge in [0.25, 0.3) is 21.8 Å². The Morgan fingerprint density at radius 2 is 1.32 bits per heavy atom. The first-order valence-electron chi connectivity index (χ1n) is 11.9. The standard InChI is InChI=1S/C30H27N3O4S/c1-2-21-31-29(34)25-17-9-11-19-27(25)32-30(35)26-18-10-12-20-28(26)33(22-23-13-5-3-6-14-23)38(36,37)24-15-7-4-8-16-24/h2-20H,1,21-22H2,(H,31,34)(H,32,35). The molecule has 0 aliphatic heterocycles. The lowest BCUT2D eigenvalue weighted by Crippen LogP contribution is -2.32. The second-order valence-corrected chi connectivity index (χ2v) is 10.2. The van der Waals surface area contributed by atoms with E-state index in [4.69, 9.17) is 0 Å². The first kappa shape index (κ1) is 26.4.